The molecule has 3 aromatic rings. The maximum Gasteiger partial charge on any atom is 0.279 e. The Hall–Kier alpha value is -3.00. The molecule has 26 heavy (non-hydrogen) atoms. The molecule has 0 aliphatic carbocycles. The minimum atomic E-state index is -0.641. The highest BCUT2D eigenvalue weighted by Gasteiger charge is 2.28. The summed E-state index contributed by atoms with van der Waals surface area (Å²) in [5, 5.41) is 0.405. The molecule has 0 spiro atoms. The molecule has 0 saturated carbocycles. The van der Waals surface area contributed by atoms with Crippen molar-refractivity contribution in [1.82, 2.24) is 15.8 Å². The van der Waals surface area contributed by atoms with Crippen molar-refractivity contribution >= 4 is 34.7 Å². The summed E-state index contributed by atoms with van der Waals surface area (Å²) in [7, 11) is 0. The topological polar surface area (TPSA) is 93.5 Å². The molecule has 0 unspecified atom stereocenters. The average molecular weight is 369 g/mol. The van der Waals surface area contributed by atoms with Gasteiger partial charge in [0.25, 0.3) is 11.1 Å². The molecule has 8 heteroatoms. The molecule has 2 aromatic carbocycles. The number of aromatic nitrogens is 1. The van der Waals surface area contributed by atoms with Gasteiger partial charge in [-0.15, -0.1) is 0 Å². The number of hydrazine groups is 1. The van der Waals surface area contributed by atoms with E-state index < -0.39 is 6.10 Å². The molecule has 2 amide bonds. The molecule has 2 heterocycles. The molecule has 1 aliphatic rings. The van der Waals surface area contributed by atoms with Crippen molar-refractivity contribution < 1.29 is 18.7 Å². The Morgan fingerprint density at radius 2 is 1.92 bits per heavy atom. The number of nitrogens with zero attached hydrogens (tertiary/aromatic N) is 1. The first kappa shape index (κ1) is 16.5. The van der Waals surface area contributed by atoms with Crippen molar-refractivity contribution in [3.8, 4) is 5.75 Å². The van der Waals surface area contributed by atoms with Gasteiger partial charge in [-0.3, -0.25) is 20.4 Å². The fourth-order valence-electron chi connectivity index (χ4n) is 2.62. The number of fused-ring (bicyclic) bond motifs is 2. The number of carbonyl (C=O) groups is 2. The van der Waals surface area contributed by atoms with Gasteiger partial charge < -0.3 is 9.15 Å². The second kappa shape index (κ2) is 7.09. The number of benzene rings is 2. The Balaban J connectivity index is 1.24. The van der Waals surface area contributed by atoms with Crippen LogP contribution in [0.5, 0.6) is 5.75 Å². The fourth-order valence-corrected chi connectivity index (χ4v) is 3.25. The van der Waals surface area contributed by atoms with Crippen molar-refractivity contribution in [3.05, 3.63) is 54.1 Å². The number of hydrogen-bond acceptors (Lipinski definition) is 6. The Morgan fingerprint density at radius 3 is 2.77 bits per heavy atom. The van der Waals surface area contributed by atoms with Crippen molar-refractivity contribution in [2.75, 3.05) is 5.75 Å². The molecule has 1 aromatic heterocycles. The molecule has 0 bridgehead atoms. The molecule has 1 aliphatic heterocycles. The largest absolute Gasteiger partial charge is 0.480 e. The Labute approximate surface area is 153 Å². The van der Waals surface area contributed by atoms with Crippen LogP contribution in [0.2, 0.25) is 0 Å². The first-order valence-corrected chi connectivity index (χ1v) is 8.99. The van der Waals surface area contributed by atoms with E-state index in [-0.39, 0.29) is 17.6 Å². The number of thioether (sulfide) groups is 1. The molecule has 0 fully saturated rings. The highest BCUT2D eigenvalue weighted by atomic mass is 32.2. The average Bonchev–Trinajstić information content (AvgIpc) is 3.27. The van der Waals surface area contributed by atoms with Crippen LogP contribution in [0, 0.1) is 0 Å². The highest BCUT2D eigenvalue weighted by Crippen LogP contribution is 2.28. The van der Waals surface area contributed by atoms with Gasteiger partial charge >= 0.3 is 0 Å². The van der Waals surface area contributed by atoms with E-state index in [9.17, 15) is 9.59 Å². The van der Waals surface area contributed by atoms with Gasteiger partial charge in [-0.05, 0) is 23.8 Å². The Kier molecular flexibility index (Phi) is 4.49. The summed E-state index contributed by atoms with van der Waals surface area (Å²) < 4.78 is 11.1. The van der Waals surface area contributed by atoms with E-state index in [0.717, 1.165) is 22.8 Å². The minimum absolute atomic E-state index is 0.0683. The first-order chi connectivity index (χ1) is 12.7. The quantitative estimate of drug-likeness (QED) is 0.540. The predicted molar refractivity (Wildman–Crippen MR) is 95.6 cm³/mol. The van der Waals surface area contributed by atoms with E-state index >= 15 is 0 Å². The lowest BCUT2D eigenvalue weighted by Gasteiger charge is -2.11. The maximum atomic E-state index is 12.1. The van der Waals surface area contributed by atoms with Gasteiger partial charge in [0, 0.05) is 6.42 Å². The zero-order valence-corrected chi connectivity index (χ0v) is 14.4. The normalized spacial score (nSPS) is 15.3. The van der Waals surface area contributed by atoms with Crippen LogP contribution in [-0.2, 0) is 16.0 Å². The fraction of sp³-hybridized carbons (Fsp3) is 0.167. The van der Waals surface area contributed by atoms with Crippen LogP contribution in [0.3, 0.4) is 0 Å². The summed E-state index contributed by atoms with van der Waals surface area (Å²) in [4.78, 5) is 28.3. The summed E-state index contributed by atoms with van der Waals surface area (Å²) >= 11 is 1.16. The SMILES string of the molecule is O=C(CSc1nc2ccccc2o1)NNC(=O)[C@H]1Cc2ccccc2O1. The lowest BCUT2D eigenvalue weighted by Crippen LogP contribution is -2.48. The number of amides is 2. The molecule has 7 nitrogen and oxygen atoms in total. The van der Waals surface area contributed by atoms with Gasteiger partial charge in [0.15, 0.2) is 11.7 Å². The predicted octanol–water partition coefficient (Wildman–Crippen LogP) is 2.07. The van der Waals surface area contributed by atoms with Gasteiger partial charge in [0.1, 0.15) is 11.3 Å². The molecule has 132 valence electrons. The highest BCUT2D eigenvalue weighted by molar-refractivity contribution is 7.99. The van der Waals surface area contributed by atoms with Crippen LogP contribution >= 0.6 is 11.8 Å². The van der Waals surface area contributed by atoms with Crippen molar-refractivity contribution in [2.45, 2.75) is 17.7 Å². The van der Waals surface area contributed by atoms with E-state index in [1.165, 1.54) is 0 Å². The van der Waals surface area contributed by atoms with Crippen LogP contribution in [0.1, 0.15) is 5.56 Å². The standard InChI is InChI=1S/C18H15N3O4S/c22-16(10-26-18-19-12-6-2-4-8-14(12)25-18)20-21-17(23)15-9-11-5-1-3-7-13(11)24-15/h1-8,15H,9-10H2,(H,20,22)(H,21,23)/t15-/m1/s1. The monoisotopic (exact) mass is 369 g/mol. The van der Waals surface area contributed by atoms with E-state index in [1.54, 1.807) is 0 Å². The summed E-state index contributed by atoms with van der Waals surface area (Å²) in [6, 6.07) is 14.8. The number of oxazole rings is 1. The van der Waals surface area contributed by atoms with E-state index in [1.807, 2.05) is 48.5 Å². The molecular formula is C18H15N3O4S. The van der Waals surface area contributed by atoms with E-state index in [0.29, 0.717) is 23.0 Å². The molecular weight excluding hydrogens is 354 g/mol. The number of hydrogen-bond donors (Lipinski definition) is 2. The number of nitrogens with one attached hydrogen (secondary N) is 2. The number of rotatable bonds is 4. The molecule has 0 radical (unpaired) electrons. The lowest BCUT2D eigenvalue weighted by atomic mass is 10.1. The zero-order valence-electron chi connectivity index (χ0n) is 13.6. The molecule has 4 rings (SSSR count). The Morgan fingerprint density at radius 1 is 1.12 bits per heavy atom. The molecule has 2 N–H and O–H groups in total. The van der Waals surface area contributed by atoms with E-state index in [2.05, 4.69) is 15.8 Å². The van der Waals surface area contributed by atoms with Crippen molar-refractivity contribution in [3.63, 3.8) is 0 Å². The number of carbonyl (C=O) groups excluding carboxylic acids is 2. The Bertz CT molecular complexity index is 914. The molecule has 0 saturated heterocycles. The summed E-state index contributed by atoms with van der Waals surface area (Å²) in [5.41, 5.74) is 7.16. The third kappa shape index (κ3) is 3.50. The zero-order chi connectivity index (χ0) is 17.9. The number of para-hydroxylation sites is 3. The summed E-state index contributed by atoms with van der Waals surface area (Å²) in [6.45, 7) is 0. The summed E-state index contributed by atoms with van der Waals surface area (Å²) in [6.07, 6.45) is -0.160. The lowest BCUT2D eigenvalue weighted by molar-refractivity contribution is -0.131. The van der Waals surface area contributed by atoms with Crippen LogP contribution in [0.4, 0.5) is 0 Å². The first-order valence-electron chi connectivity index (χ1n) is 8.01. The van der Waals surface area contributed by atoms with Gasteiger partial charge in [-0.1, -0.05) is 42.1 Å². The summed E-state index contributed by atoms with van der Waals surface area (Å²) in [5.74, 6) is 0.0202. The molecule has 1 atom stereocenters. The van der Waals surface area contributed by atoms with Crippen LogP contribution in [0.15, 0.2) is 58.2 Å². The van der Waals surface area contributed by atoms with Gasteiger partial charge in [0.05, 0.1) is 5.75 Å². The van der Waals surface area contributed by atoms with Crippen LogP contribution in [-0.4, -0.2) is 28.7 Å². The second-order valence-corrected chi connectivity index (χ2v) is 6.62. The van der Waals surface area contributed by atoms with Gasteiger partial charge in [0.2, 0.25) is 5.91 Å². The van der Waals surface area contributed by atoms with E-state index in [4.69, 9.17) is 9.15 Å². The number of ether oxygens (including phenoxy) is 1. The van der Waals surface area contributed by atoms with Gasteiger partial charge in [-0.2, -0.15) is 0 Å². The maximum absolute atomic E-state index is 12.1. The van der Waals surface area contributed by atoms with Crippen LogP contribution < -0.4 is 15.6 Å². The third-order valence-corrected chi connectivity index (χ3v) is 4.69. The van der Waals surface area contributed by atoms with Gasteiger partial charge in [-0.25, -0.2) is 4.98 Å². The van der Waals surface area contributed by atoms with Crippen molar-refractivity contribution in [2.24, 2.45) is 0 Å². The van der Waals surface area contributed by atoms with Crippen LogP contribution in [0.25, 0.3) is 11.1 Å². The third-order valence-electron chi connectivity index (χ3n) is 3.87. The van der Waals surface area contributed by atoms with Crippen molar-refractivity contribution in [1.29, 1.82) is 0 Å². The second-order valence-electron chi connectivity index (χ2n) is 5.69. The minimum Gasteiger partial charge on any atom is -0.480 e. The smallest absolute Gasteiger partial charge is 0.279 e.